The highest BCUT2D eigenvalue weighted by atomic mass is 32.1. The Labute approximate surface area is 92.0 Å². The molecule has 2 aromatic rings. The van der Waals surface area contributed by atoms with E-state index in [0.29, 0.717) is 5.56 Å². The molecule has 0 amide bonds. The van der Waals surface area contributed by atoms with Gasteiger partial charge >= 0.3 is 0 Å². The van der Waals surface area contributed by atoms with Gasteiger partial charge in [-0.05, 0) is 35.4 Å². The van der Waals surface area contributed by atoms with Crippen LogP contribution in [0.2, 0.25) is 0 Å². The fourth-order valence-corrected chi connectivity index (χ4v) is 1.48. The first-order valence-corrected chi connectivity index (χ1v) is 4.86. The van der Waals surface area contributed by atoms with Gasteiger partial charge in [0.2, 0.25) is 0 Å². The first-order chi connectivity index (χ1) is 7.16. The first kappa shape index (κ1) is 10.2. The van der Waals surface area contributed by atoms with E-state index in [4.69, 9.17) is 0 Å². The summed E-state index contributed by atoms with van der Waals surface area (Å²) in [5, 5.41) is 0. The van der Waals surface area contributed by atoms with Gasteiger partial charge < -0.3 is 0 Å². The molecule has 0 aliphatic rings. The van der Waals surface area contributed by atoms with Gasteiger partial charge in [0.15, 0.2) is 11.6 Å². The van der Waals surface area contributed by atoms with Crippen molar-refractivity contribution in [2.75, 3.05) is 0 Å². The van der Waals surface area contributed by atoms with Crippen molar-refractivity contribution in [3.8, 4) is 11.1 Å². The molecule has 0 heterocycles. The lowest BCUT2D eigenvalue weighted by Gasteiger charge is -2.02. The van der Waals surface area contributed by atoms with Gasteiger partial charge in [0.05, 0.1) is 0 Å². The van der Waals surface area contributed by atoms with Crippen LogP contribution in [0.1, 0.15) is 0 Å². The number of halogens is 2. The summed E-state index contributed by atoms with van der Waals surface area (Å²) in [5.41, 5.74) is 1.49. The van der Waals surface area contributed by atoms with Crippen molar-refractivity contribution in [3.05, 3.63) is 54.1 Å². The number of hydrogen-bond donors (Lipinski definition) is 1. The Bertz CT molecular complexity index is 477. The third-order valence-corrected chi connectivity index (χ3v) is 2.42. The monoisotopic (exact) mass is 222 g/mol. The van der Waals surface area contributed by atoms with E-state index in [1.165, 1.54) is 6.07 Å². The lowest BCUT2D eigenvalue weighted by Crippen LogP contribution is -1.85. The van der Waals surface area contributed by atoms with Crippen molar-refractivity contribution in [1.82, 2.24) is 0 Å². The summed E-state index contributed by atoms with van der Waals surface area (Å²) in [7, 11) is 0. The van der Waals surface area contributed by atoms with Crippen molar-refractivity contribution in [1.29, 1.82) is 0 Å². The van der Waals surface area contributed by atoms with Gasteiger partial charge in [0, 0.05) is 4.90 Å². The summed E-state index contributed by atoms with van der Waals surface area (Å²) < 4.78 is 25.6. The van der Waals surface area contributed by atoms with Crippen LogP contribution in [0, 0.1) is 11.6 Å². The second kappa shape index (κ2) is 4.03. The Morgan fingerprint density at radius 3 is 1.93 bits per heavy atom. The van der Waals surface area contributed by atoms with Gasteiger partial charge in [0.25, 0.3) is 0 Å². The van der Waals surface area contributed by atoms with Crippen molar-refractivity contribution in [2.45, 2.75) is 4.90 Å². The molecule has 0 N–H and O–H groups in total. The SMILES string of the molecule is Fc1ccc(-c2ccc(S)cc2)cc1F. The molecular weight excluding hydrogens is 214 g/mol. The highest BCUT2D eigenvalue weighted by Gasteiger charge is 2.03. The summed E-state index contributed by atoms with van der Waals surface area (Å²) >= 11 is 4.15. The van der Waals surface area contributed by atoms with E-state index in [2.05, 4.69) is 12.6 Å². The summed E-state index contributed by atoms with van der Waals surface area (Å²) in [4.78, 5) is 0.835. The van der Waals surface area contributed by atoms with Crippen molar-refractivity contribution in [3.63, 3.8) is 0 Å². The minimum Gasteiger partial charge on any atom is -0.204 e. The van der Waals surface area contributed by atoms with E-state index >= 15 is 0 Å². The standard InChI is InChI=1S/C12H8F2S/c13-11-6-3-9(7-12(11)14)8-1-4-10(15)5-2-8/h1-7,15H. The highest BCUT2D eigenvalue weighted by molar-refractivity contribution is 7.80. The molecule has 0 nitrogen and oxygen atoms in total. The summed E-state index contributed by atoms with van der Waals surface area (Å²) in [6.07, 6.45) is 0. The van der Waals surface area contributed by atoms with E-state index in [1.54, 1.807) is 18.2 Å². The van der Waals surface area contributed by atoms with E-state index < -0.39 is 11.6 Å². The van der Waals surface area contributed by atoms with Crippen LogP contribution in [0.15, 0.2) is 47.4 Å². The van der Waals surface area contributed by atoms with Gasteiger partial charge in [-0.2, -0.15) is 0 Å². The fraction of sp³-hybridized carbons (Fsp3) is 0. The van der Waals surface area contributed by atoms with Gasteiger partial charge in [-0.3, -0.25) is 0 Å². The smallest absolute Gasteiger partial charge is 0.159 e. The Balaban J connectivity index is 2.45. The maximum Gasteiger partial charge on any atom is 0.159 e. The topological polar surface area (TPSA) is 0 Å². The van der Waals surface area contributed by atoms with Crippen molar-refractivity contribution >= 4 is 12.6 Å². The van der Waals surface area contributed by atoms with Gasteiger partial charge in [-0.1, -0.05) is 18.2 Å². The third kappa shape index (κ3) is 2.18. The van der Waals surface area contributed by atoms with Crippen LogP contribution in [0.4, 0.5) is 8.78 Å². The molecule has 0 aliphatic heterocycles. The molecule has 3 heteroatoms. The van der Waals surface area contributed by atoms with E-state index in [1.807, 2.05) is 12.1 Å². The highest BCUT2D eigenvalue weighted by Crippen LogP contribution is 2.22. The number of thiol groups is 1. The average Bonchev–Trinajstić information content (AvgIpc) is 2.23. The molecule has 0 radical (unpaired) electrons. The second-order valence-electron chi connectivity index (χ2n) is 3.18. The molecule has 0 atom stereocenters. The largest absolute Gasteiger partial charge is 0.204 e. The number of rotatable bonds is 1. The molecule has 0 saturated carbocycles. The lowest BCUT2D eigenvalue weighted by molar-refractivity contribution is 0.509. The van der Waals surface area contributed by atoms with Gasteiger partial charge in [-0.25, -0.2) is 8.78 Å². The normalized spacial score (nSPS) is 10.3. The van der Waals surface area contributed by atoms with Crippen LogP contribution in [-0.2, 0) is 0 Å². The van der Waals surface area contributed by atoms with Gasteiger partial charge in [-0.15, -0.1) is 12.6 Å². The zero-order valence-corrected chi connectivity index (χ0v) is 8.64. The summed E-state index contributed by atoms with van der Waals surface area (Å²) in [6, 6.07) is 11.1. The molecule has 2 aromatic carbocycles. The second-order valence-corrected chi connectivity index (χ2v) is 3.69. The molecule has 0 unspecified atom stereocenters. The Hall–Kier alpha value is -1.35. The van der Waals surface area contributed by atoms with Crippen LogP contribution in [-0.4, -0.2) is 0 Å². The minimum absolute atomic E-state index is 0.655. The maximum atomic E-state index is 13.0. The summed E-state index contributed by atoms with van der Waals surface area (Å²) in [6.45, 7) is 0. The molecule has 15 heavy (non-hydrogen) atoms. The van der Waals surface area contributed by atoms with Crippen molar-refractivity contribution < 1.29 is 8.78 Å². The molecule has 0 saturated heterocycles. The molecule has 2 rings (SSSR count). The van der Waals surface area contributed by atoms with Crippen LogP contribution < -0.4 is 0 Å². The van der Waals surface area contributed by atoms with Crippen LogP contribution in [0.3, 0.4) is 0 Å². The Kier molecular flexibility index (Phi) is 2.73. The van der Waals surface area contributed by atoms with Crippen LogP contribution in [0.25, 0.3) is 11.1 Å². The predicted molar refractivity (Wildman–Crippen MR) is 59.0 cm³/mol. The van der Waals surface area contributed by atoms with E-state index in [0.717, 1.165) is 16.5 Å². The predicted octanol–water partition coefficient (Wildman–Crippen LogP) is 3.92. The molecule has 76 valence electrons. The van der Waals surface area contributed by atoms with E-state index in [-0.39, 0.29) is 0 Å². The van der Waals surface area contributed by atoms with Crippen molar-refractivity contribution in [2.24, 2.45) is 0 Å². The molecule has 0 aliphatic carbocycles. The zero-order chi connectivity index (χ0) is 10.8. The third-order valence-electron chi connectivity index (χ3n) is 2.12. The molecule has 0 aromatic heterocycles. The quantitative estimate of drug-likeness (QED) is 0.694. The molecule has 0 fully saturated rings. The zero-order valence-electron chi connectivity index (χ0n) is 7.74. The minimum atomic E-state index is -0.831. The average molecular weight is 222 g/mol. The van der Waals surface area contributed by atoms with Gasteiger partial charge in [0.1, 0.15) is 0 Å². The lowest BCUT2D eigenvalue weighted by atomic mass is 10.1. The number of hydrogen-bond acceptors (Lipinski definition) is 1. The van der Waals surface area contributed by atoms with E-state index in [9.17, 15) is 8.78 Å². The Morgan fingerprint density at radius 1 is 0.733 bits per heavy atom. The molecule has 0 spiro atoms. The van der Waals surface area contributed by atoms with Crippen LogP contribution >= 0.6 is 12.6 Å². The number of benzene rings is 2. The fourth-order valence-electron chi connectivity index (χ4n) is 1.33. The molecule has 0 bridgehead atoms. The first-order valence-electron chi connectivity index (χ1n) is 4.41. The summed E-state index contributed by atoms with van der Waals surface area (Å²) in [5.74, 6) is -1.66. The Morgan fingerprint density at radius 2 is 1.33 bits per heavy atom. The molecular formula is C12H8F2S. The van der Waals surface area contributed by atoms with Crippen LogP contribution in [0.5, 0.6) is 0 Å². The maximum absolute atomic E-state index is 13.0.